The second kappa shape index (κ2) is 7.73. The van der Waals surface area contributed by atoms with Gasteiger partial charge in [0.15, 0.2) is 0 Å². The highest BCUT2D eigenvalue weighted by atomic mass is 32.1. The predicted octanol–water partition coefficient (Wildman–Crippen LogP) is 0.821. The van der Waals surface area contributed by atoms with Crippen LogP contribution in [0, 0.1) is 13.8 Å². The number of rotatable bonds is 4. The summed E-state index contributed by atoms with van der Waals surface area (Å²) in [4.78, 5) is 29.8. The van der Waals surface area contributed by atoms with E-state index in [1.807, 2.05) is 24.8 Å². The van der Waals surface area contributed by atoms with Gasteiger partial charge in [-0.3, -0.25) is 4.79 Å². The number of hydrogen-bond donors (Lipinski definition) is 1. The van der Waals surface area contributed by atoms with Crippen LogP contribution in [0.15, 0.2) is 30.6 Å². The number of aryl methyl sites for hydroxylation is 2. The van der Waals surface area contributed by atoms with Crippen molar-refractivity contribution in [3.05, 3.63) is 52.6 Å². The maximum atomic E-state index is 13.0. The molecule has 9 heteroatoms. The van der Waals surface area contributed by atoms with Crippen molar-refractivity contribution in [1.82, 2.24) is 29.5 Å². The van der Waals surface area contributed by atoms with E-state index in [1.54, 1.807) is 15.9 Å². The predicted molar refractivity (Wildman–Crippen MR) is 115 cm³/mol. The van der Waals surface area contributed by atoms with Crippen molar-refractivity contribution in [2.75, 3.05) is 26.2 Å². The Balaban J connectivity index is 1.22. The summed E-state index contributed by atoms with van der Waals surface area (Å²) in [5.41, 5.74) is 3.81. The molecule has 0 unspecified atom stereocenters. The molecule has 154 valence electrons. The zero-order chi connectivity index (χ0) is 20.7. The normalized spacial score (nSPS) is 15.3. The second-order valence-corrected chi connectivity index (χ2v) is 8.91. The molecule has 3 aromatic heterocycles. The molecule has 1 N–H and O–H groups in total. The van der Waals surface area contributed by atoms with Crippen LogP contribution in [0.1, 0.15) is 22.0 Å². The number of benzene rings is 1. The van der Waals surface area contributed by atoms with Crippen LogP contribution in [0.2, 0.25) is 0 Å². The van der Waals surface area contributed by atoms with E-state index < -0.39 is 0 Å². The number of fused-ring (bicyclic) bond motifs is 2. The lowest BCUT2D eigenvalue weighted by Crippen LogP contribution is -3.13. The van der Waals surface area contributed by atoms with Crippen molar-refractivity contribution in [3.8, 4) is 0 Å². The standard InChI is InChI=1S/C21H23N7OS/c1-14-16(15(2)28-21(24-14)22-13-23-28)11-20(29)27-9-7-26(8-10-27)12-19-25-17-5-3-4-6-18(17)30-19/h3-6,13H,7-12H2,1-2H3/p+1. The van der Waals surface area contributed by atoms with Crippen LogP contribution in [-0.2, 0) is 17.8 Å². The minimum atomic E-state index is 0.154. The molecule has 1 aromatic carbocycles. The van der Waals surface area contributed by atoms with Gasteiger partial charge in [-0.1, -0.05) is 12.1 Å². The van der Waals surface area contributed by atoms with Crippen molar-refractivity contribution in [3.63, 3.8) is 0 Å². The fraction of sp³-hybridized carbons (Fsp3) is 0.381. The summed E-state index contributed by atoms with van der Waals surface area (Å²) in [5.74, 6) is 0.731. The van der Waals surface area contributed by atoms with Gasteiger partial charge in [-0.15, -0.1) is 11.3 Å². The Morgan fingerprint density at radius 3 is 2.77 bits per heavy atom. The van der Waals surface area contributed by atoms with E-state index in [9.17, 15) is 4.79 Å². The molecule has 8 nitrogen and oxygen atoms in total. The lowest BCUT2D eigenvalue weighted by atomic mass is 10.1. The van der Waals surface area contributed by atoms with E-state index in [-0.39, 0.29) is 5.91 Å². The molecule has 30 heavy (non-hydrogen) atoms. The molecule has 1 saturated heterocycles. The number of para-hydroxylation sites is 1. The monoisotopic (exact) mass is 422 g/mol. The Labute approximate surface area is 178 Å². The summed E-state index contributed by atoms with van der Waals surface area (Å²) < 4.78 is 2.94. The van der Waals surface area contributed by atoms with Gasteiger partial charge in [0.25, 0.3) is 5.78 Å². The molecule has 0 spiro atoms. The molecule has 4 heterocycles. The molecule has 0 atom stereocenters. The quantitative estimate of drug-likeness (QED) is 0.527. The third-order valence-electron chi connectivity index (χ3n) is 5.88. The number of nitrogens with one attached hydrogen (secondary N) is 1. The average Bonchev–Trinajstić information content (AvgIpc) is 3.37. The third kappa shape index (κ3) is 3.54. The number of nitrogens with zero attached hydrogens (tertiary/aromatic N) is 6. The average molecular weight is 423 g/mol. The number of amides is 1. The molecule has 1 aliphatic heterocycles. The number of thiazole rings is 1. The molecule has 0 bridgehead atoms. The summed E-state index contributed by atoms with van der Waals surface area (Å²) in [7, 11) is 0. The fourth-order valence-corrected chi connectivity index (χ4v) is 5.17. The van der Waals surface area contributed by atoms with Crippen LogP contribution < -0.4 is 4.90 Å². The second-order valence-electron chi connectivity index (χ2n) is 7.79. The van der Waals surface area contributed by atoms with Gasteiger partial charge < -0.3 is 9.80 Å². The molecule has 0 saturated carbocycles. The number of hydrogen-bond acceptors (Lipinski definition) is 6. The Morgan fingerprint density at radius 1 is 1.17 bits per heavy atom. The summed E-state index contributed by atoms with van der Waals surface area (Å²) >= 11 is 1.77. The van der Waals surface area contributed by atoms with Crippen LogP contribution in [0.3, 0.4) is 0 Å². The summed E-state index contributed by atoms with van der Waals surface area (Å²) in [6.07, 6.45) is 1.85. The number of aromatic nitrogens is 5. The number of carbonyl (C=O) groups excluding carboxylic acids is 1. The van der Waals surface area contributed by atoms with Crippen LogP contribution in [-0.4, -0.2) is 61.6 Å². The van der Waals surface area contributed by atoms with Gasteiger partial charge >= 0.3 is 0 Å². The SMILES string of the molecule is Cc1nc2ncnn2c(C)c1CC(=O)N1CC[NH+](Cc2nc3ccccc3s2)CC1. The highest BCUT2D eigenvalue weighted by Crippen LogP contribution is 2.21. The molecule has 0 radical (unpaired) electrons. The van der Waals surface area contributed by atoms with Crippen molar-refractivity contribution in [2.24, 2.45) is 0 Å². The van der Waals surface area contributed by atoms with Crippen molar-refractivity contribution < 1.29 is 9.69 Å². The Bertz CT molecular complexity index is 1190. The minimum absolute atomic E-state index is 0.154. The van der Waals surface area contributed by atoms with Gasteiger partial charge in [-0.05, 0) is 26.0 Å². The zero-order valence-electron chi connectivity index (χ0n) is 17.1. The topological polar surface area (TPSA) is 80.7 Å². The van der Waals surface area contributed by atoms with Gasteiger partial charge in [0.2, 0.25) is 5.91 Å². The lowest BCUT2D eigenvalue weighted by molar-refractivity contribution is -0.917. The van der Waals surface area contributed by atoms with Crippen molar-refractivity contribution in [2.45, 2.75) is 26.8 Å². The van der Waals surface area contributed by atoms with Crippen LogP contribution >= 0.6 is 11.3 Å². The third-order valence-corrected chi connectivity index (χ3v) is 6.92. The highest BCUT2D eigenvalue weighted by molar-refractivity contribution is 7.18. The molecular formula is C21H24N7OS+. The maximum absolute atomic E-state index is 13.0. The van der Waals surface area contributed by atoms with Gasteiger partial charge in [0.1, 0.15) is 17.9 Å². The summed E-state index contributed by atoms with van der Waals surface area (Å²) in [5, 5.41) is 5.39. The number of quaternary nitrogens is 1. The molecule has 1 fully saturated rings. The van der Waals surface area contributed by atoms with Crippen molar-refractivity contribution >= 4 is 33.2 Å². The lowest BCUT2D eigenvalue weighted by Gasteiger charge is -2.32. The first-order valence-corrected chi connectivity index (χ1v) is 11.0. The van der Waals surface area contributed by atoms with Gasteiger partial charge in [-0.25, -0.2) is 14.5 Å². The molecular weight excluding hydrogens is 398 g/mol. The van der Waals surface area contributed by atoms with Crippen LogP contribution in [0.25, 0.3) is 16.0 Å². The van der Waals surface area contributed by atoms with Gasteiger partial charge in [0, 0.05) is 17.0 Å². The zero-order valence-corrected chi connectivity index (χ0v) is 17.9. The first kappa shape index (κ1) is 19.1. The molecule has 1 aliphatic rings. The van der Waals surface area contributed by atoms with Gasteiger partial charge in [-0.2, -0.15) is 10.1 Å². The molecule has 0 aliphatic carbocycles. The first-order chi connectivity index (χ1) is 14.6. The van der Waals surface area contributed by atoms with E-state index in [2.05, 4.69) is 33.3 Å². The van der Waals surface area contributed by atoms with E-state index in [1.165, 1.54) is 20.9 Å². The maximum Gasteiger partial charge on any atom is 0.252 e. The van der Waals surface area contributed by atoms with Crippen LogP contribution in [0.5, 0.6) is 0 Å². The summed E-state index contributed by atoms with van der Waals surface area (Å²) in [6, 6.07) is 8.28. The smallest absolute Gasteiger partial charge is 0.252 e. The Morgan fingerprint density at radius 2 is 1.97 bits per heavy atom. The molecule has 1 amide bonds. The largest absolute Gasteiger partial charge is 0.331 e. The Hall–Kier alpha value is -2.91. The van der Waals surface area contributed by atoms with E-state index >= 15 is 0 Å². The van der Waals surface area contributed by atoms with E-state index in [0.717, 1.165) is 55.2 Å². The van der Waals surface area contributed by atoms with E-state index in [4.69, 9.17) is 4.98 Å². The number of piperazine rings is 1. The van der Waals surface area contributed by atoms with E-state index in [0.29, 0.717) is 12.2 Å². The van der Waals surface area contributed by atoms with Crippen LogP contribution in [0.4, 0.5) is 0 Å². The molecule has 4 aromatic rings. The van der Waals surface area contributed by atoms with Gasteiger partial charge in [0.05, 0.1) is 42.8 Å². The minimum Gasteiger partial charge on any atom is -0.331 e. The van der Waals surface area contributed by atoms with Crippen molar-refractivity contribution in [1.29, 1.82) is 0 Å². The fourth-order valence-electron chi connectivity index (χ4n) is 4.13. The Kier molecular flexibility index (Phi) is 4.92. The summed E-state index contributed by atoms with van der Waals surface area (Å²) in [6.45, 7) is 8.27. The highest BCUT2D eigenvalue weighted by Gasteiger charge is 2.26. The first-order valence-electron chi connectivity index (χ1n) is 10.2. The molecule has 5 rings (SSSR count). The number of carbonyl (C=O) groups is 1.